The Hall–Kier alpha value is -1.60. The Balaban J connectivity index is 2.08. The molecule has 0 spiro atoms. The van der Waals surface area contributed by atoms with Crippen molar-refractivity contribution in [1.29, 1.82) is 0 Å². The minimum atomic E-state index is -0.631. The number of rotatable bonds is 4. The highest BCUT2D eigenvalue weighted by molar-refractivity contribution is 6.51. The molecule has 3 amide bonds. The highest BCUT2D eigenvalue weighted by Crippen LogP contribution is 2.43. The van der Waals surface area contributed by atoms with Crippen molar-refractivity contribution < 1.29 is 19.5 Å². The van der Waals surface area contributed by atoms with Gasteiger partial charge in [0.1, 0.15) is 0 Å². The summed E-state index contributed by atoms with van der Waals surface area (Å²) in [6.45, 7) is 0.0314. The average molecular weight is 432 g/mol. The number of imide groups is 1. The molecule has 144 valence electrons. The number of aliphatic hydroxyl groups is 1. The van der Waals surface area contributed by atoms with Crippen LogP contribution >= 0.6 is 34.8 Å². The molecule has 1 N–H and O–H groups in total. The van der Waals surface area contributed by atoms with Gasteiger partial charge in [-0.05, 0) is 18.9 Å². The van der Waals surface area contributed by atoms with Crippen molar-refractivity contribution in [2.45, 2.75) is 25.7 Å². The highest BCUT2D eigenvalue weighted by Gasteiger charge is 2.40. The summed E-state index contributed by atoms with van der Waals surface area (Å²) in [5.74, 6) is -1.25. The Labute approximate surface area is 171 Å². The number of fused-ring (bicyclic) bond motifs is 1. The van der Waals surface area contributed by atoms with Crippen molar-refractivity contribution in [2.75, 3.05) is 19.7 Å². The number of aliphatic hydroxyl groups excluding tert-OH is 1. The minimum absolute atomic E-state index is 0.0131. The molecule has 1 aromatic rings. The van der Waals surface area contributed by atoms with Crippen LogP contribution in [0.1, 0.15) is 52.0 Å². The molecule has 1 saturated heterocycles. The van der Waals surface area contributed by atoms with Gasteiger partial charge >= 0.3 is 0 Å². The normalized spacial score (nSPS) is 17.9. The fourth-order valence-electron chi connectivity index (χ4n) is 3.25. The number of benzene rings is 1. The maximum atomic E-state index is 12.7. The van der Waals surface area contributed by atoms with Crippen LogP contribution in [-0.4, -0.2) is 52.3 Å². The Kier molecular flexibility index (Phi) is 6.11. The van der Waals surface area contributed by atoms with Gasteiger partial charge in [-0.15, -0.1) is 0 Å². The van der Waals surface area contributed by atoms with E-state index in [2.05, 4.69) is 0 Å². The number of likely N-dealkylation sites (tertiary alicyclic amines) is 1. The average Bonchev–Trinajstić information content (AvgIpc) is 2.78. The Morgan fingerprint density at radius 3 is 2.33 bits per heavy atom. The summed E-state index contributed by atoms with van der Waals surface area (Å²) in [6.07, 6.45) is 6.23. The van der Waals surface area contributed by atoms with Gasteiger partial charge in [-0.3, -0.25) is 19.3 Å². The van der Waals surface area contributed by atoms with Crippen LogP contribution < -0.4 is 0 Å². The van der Waals surface area contributed by atoms with Crippen LogP contribution in [0.5, 0.6) is 0 Å². The van der Waals surface area contributed by atoms with Crippen LogP contribution in [0.25, 0.3) is 6.08 Å². The van der Waals surface area contributed by atoms with Crippen molar-refractivity contribution >= 4 is 58.6 Å². The zero-order chi connectivity index (χ0) is 19.7. The second-order valence-electron chi connectivity index (χ2n) is 6.30. The molecule has 27 heavy (non-hydrogen) atoms. The monoisotopic (exact) mass is 430 g/mol. The predicted molar refractivity (Wildman–Crippen MR) is 103 cm³/mol. The Morgan fingerprint density at radius 1 is 0.926 bits per heavy atom. The van der Waals surface area contributed by atoms with Crippen molar-refractivity contribution in [3.63, 3.8) is 0 Å². The molecule has 2 heterocycles. The molecule has 0 bridgehead atoms. The number of halogens is 3. The molecule has 0 aromatic heterocycles. The molecular formula is C18H17Cl3N2O4. The molecule has 0 atom stereocenters. The smallest absolute Gasteiger partial charge is 0.263 e. The number of amides is 3. The van der Waals surface area contributed by atoms with Crippen LogP contribution in [0.4, 0.5) is 0 Å². The van der Waals surface area contributed by atoms with Gasteiger partial charge in [0.25, 0.3) is 11.8 Å². The van der Waals surface area contributed by atoms with E-state index in [0.29, 0.717) is 13.0 Å². The van der Waals surface area contributed by atoms with E-state index in [1.807, 2.05) is 0 Å². The number of β-amino-alcohol motifs (C(OH)–C–C–N with tert-alkyl or cyclic N) is 1. The minimum Gasteiger partial charge on any atom is -0.395 e. The zero-order valence-electron chi connectivity index (χ0n) is 14.3. The summed E-state index contributed by atoms with van der Waals surface area (Å²) in [5, 5.41) is 9.03. The van der Waals surface area contributed by atoms with Crippen molar-refractivity contribution in [3.8, 4) is 0 Å². The molecule has 0 aliphatic carbocycles. The highest BCUT2D eigenvalue weighted by atomic mass is 35.5. The molecule has 2 aliphatic rings. The molecule has 0 radical (unpaired) electrons. The third-order valence-electron chi connectivity index (χ3n) is 4.63. The van der Waals surface area contributed by atoms with Crippen LogP contribution in [0, 0.1) is 0 Å². The summed E-state index contributed by atoms with van der Waals surface area (Å²) >= 11 is 18.6. The molecule has 1 fully saturated rings. The molecular weight excluding hydrogens is 415 g/mol. The first-order chi connectivity index (χ1) is 12.9. The van der Waals surface area contributed by atoms with Crippen molar-refractivity contribution in [1.82, 2.24) is 9.80 Å². The Morgan fingerprint density at radius 2 is 1.63 bits per heavy atom. The van der Waals surface area contributed by atoms with E-state index in [4.69, 9.17) is 39.9 Å². The number of nitrogens with zero attached hydrogens (tertiary/aromatic N) is 2. The molecule has 2 aliphatic heterocycles. The van der Waals surface area contributed by atoms with E-state index < -0.39 is 11.8 Å². The lowest BCUT2D eigenvalue weighted by atomic mass is 10.0. The zero-order valence-corrected chi connectivity index (χ0v) is 16.6. The number of carbonyl (C=O) groups is 3. The Bertz CT molecular complexity index is 854. The van der Waals surface area contributed by atoms with Crippen LogP contribution in [0.15, 0.2) is 6.20 Å². The van der Waals surface area contributed by atoms with Gasteiger partial charge in [0, 0.05) is 24.7 Å². The van der Waals surface area contributed by atoms with Crippen molar-refractivity contribution in [2.24, 2.45) is 0 Å². The molecule has 0 saturated carbocycles. The number of hydrogen-bond acceptors (Lipinski definition) is 4. The maximum Gasteiger partial charge on any atom is 0.263 e. The first-order valence-corrected chi connectivity index (χ1v) is 9.67. The van der Waals surface area contributed by atoms with Gasteiger partial charge < -0.3 is 10.0 Å². The van der Waals surface area contributed by atoms with Crippen LogP contribution in [0.2, 0.25) is 15.1 Å². The molecule has 6 nitrogen and oxygen atoms in total. The van der Waals surface area contributed by atoms with Gasteiger partial charge in [-0.25, -0.2) is 0 Å². The summed E-state index contributed by atoms with van der Waals surface area (Å²) in [7, 11) is 0. The van der Waals surface area contributed by atoms with Gasteiger partial charge in [0.05, 0.1) is 39.3 Å². The van der Waals surface area contributed by atoms with Gasteiger partial charge in [-0.1, -0.05) is 41.2 Å². The second-order valence-corrected chi connectivity index (χ2v) is 7.44. The lowest BCUT2D eigenvalue weighted by molar-refractivity contribution is -0.128. The van der Waals surface area contributed by atoms with E-state index in [1.165, 1.54) is 6.08 Å². The molecule has 1 aromatic carbocycles. The third kappa shape index (κ3) is 3.59. The van der Waals surface area contributed by atoms with Gasteiger partial charge in [-0.2, -0.15) is 0 Å². The van der Waals surface area contributed by atoms with E-state index in [-0.39, 0.29) is 50.8 Å². The second kappa shape index (κ2) is 8.19. The maximum absolute atomic E-state index is 12.7. The fourth-order valence-corrected chi connectivity index (χ4v) is 4.02. The lowest BCUT2D eigenvalue weighted by Crippen LogP contribution is -2.32. The molecule has 9 heteroatoms. The van der Waals surface area contributed by atoms with Gasteiger partial charge in [0.2, 0.25) is 5.91 Å². The SMILES string of the molecule is O=C1CCCCCN1/C=C\c1c(Cl)c(Cl)c(Cl)c2c1C(=O)N(CCO)C2=O. The first kappa shape index (κ1) is 20.1. The topological polar surface area (TPSA) is 77.9 Å². The summed E-state index contributed by atoms with van der Waals surface area (Å²) in [6, 6.07) is 0. The number of carbonyl (C=O) groups excluding carboxylic acids is 3. The van der Waals surface area contributed by atoms with E-state index in [1.54, 1.807) is 11.1 Å². The predicted octanol–water partition coefficient (Wildman–Crippen LogP) is 3.61. The standard InChI is InChI=1S/C18H17Cl3N2O4/c19-14-10(5-7-22-6-3-1-2-4-11(22)25)12-13(15(20)16(14)21)18(27)23(8-9-24)17(12)26/h5,7,24H,1-4,6,8-9H2/b7-5-. The third-order valence-corrected chi connectivity index (χ3v) is 5.98. The summed E-state index contributed by atoms with van der Waals surface area (Å²) in [5.41, 5.74) is 0.231. The van der Waals surface area contributed by atoms with E-state index in [9.17, 15) is 14.4 Å². The summed E-state index contributed by atoms with van der Waals surface area (Å²) < 4.78 is 0. The van der Waals surface area contributed by atoms with E-state index >= 15 is 0 Å². The molecule has 0 unspecified atom stereocenters. The lowest BCUT2D eigenvalue weighted by Gasteiger charge is -2.16. The molecule has 3 rings (SSSR count). The quantitative estimate of drug-likeness (QED) is 0.583. The van der Waals surface area contributed by atoms with Crippen LogP contribution in [0.3, 0.4) is 0 Å². The fraction of sp³-hybridized carbons (Fsp3) is 0.389. The first-order valence-electron chi connectivity index (χ1n) is 8.53. The van der Waals surface area contributed by atoms with Crippen molar-refractivity contribution in [3.05, 3.63) is 38.0 Å². The summed E-state index contributed by atoms with van der Waals surface area (Å²) in [4.78, 5) is 39.9. The van der Waals surface area contributed by atoms with Crippen LogP contribution in [-0.2, 0) is 4.79 Å². The number of hydrogen-bond donors (Lipinski definition) is 1. The van der Waals surface area contributed by atoms with Gasteiger partial charge in [0.15, 0.2) is 0 Å². The largest absolute Gasteiger partial charge is 0.395 e. The van der Waals surface area contributed by atoms with E-state index in [0.717, 1.165) is 24.2 Å².